The first-order valence-electron chi connectivity index (χ1n) is 5.83. The molecular weight excluding hydrogens is 226 g/mol. The summed E-state index contributed by atoms with van der Waals surface area (Å²) in [6.45, 7) is 7.68. The van der Waals surface area contributed by atoms with Gasteiger partial charge in [-0.05, 0) is 44.9 Å². The molecule has 0 radical (unpaired) electrons. The third-order valence-corrected chi connectivity index (χ3v) is 2.80. The molecule has 0 aliphatic carbocycles. The number of ether oxygens (including phenoxy) is 1. The SMILES string of the molecule is Cc1ccc(C)c(Oc2nc(C)nc(N)c2C)c1. The van der Waals surface area contributed by atoms with Gasteiger partial charge in [0.25, 0.3) is 0 Å². The highest BCUT2D eigenvalue weighted by molar-refractivity contribution is 5.47. The molecule has 2 N–H and O–H groups in total. The number of hydrogen-bond acceptors (Lipinski definition) is 4. The Morgan fingerprint density at radius 2 is 1.78 bits per heavy atom. The lowest BCUT2D eigenvalue weighted by Gasteiger charge is -2.12. The number of nitrogens with two attached hydrogens (primary N) is 1. The van der Waals surface area contributed by atoms with Crippen LogP contribution < -0.4 is 10.5 Å². The summed E-state index contributed by atoms with van der Waals surface area (Å²) in [4.78, 5) is 8.39. The van der Waals surface area contributed by atoms with E-state index in [0.717, 1.165) is 22.4 Å². The van der Waals surface area contributed by atoms with Crippen molar-refractivity contribution >= 4 is 5.82 Å². The van der Waals surface area contributed by atoms with Crippen LogP contribution in [-0.2, 0) is 0 Å². The van der Waals surface area contributed by atoms with Crippen LogP contribution >= 0.6 is 0 Å². The molecule has 1 aromatic heterocycles. The molecule has 0 unspecified atom stereocenters. The first-order chi connectivity index (χ1) is 8.47. The maximum absolute atomic E-state index is 5.85. The lowest BCUT2D eigenvalue weighted by Crippen LogP contribution is -2.02. The molecule has 0 amide bonds. The van der Waals surface area contributed by atoms with Crippen molar-refractivity contribution < 1.29 is 4.74 Å². The average Bonchev–Trinajstić information content (AvgIpc) is 2.30. The van der Waals surface area contributed by atoms with E-state index < -0.39 is 0 Å². The molecule has 4 nitrogen and oxygen atoms in total. The summed E-state index contributed by atoms with van der Waals surface area (Å²) in [5.74, 6) is 2.39. The van der Waals surface area contributed by atoms with Gasteiger partial charge < -0.3 is 10.5 Å². The Morgan fingerprint density at radius 1 is 1.06 bits per heavy atom. The fraction of sp³-hybridized carbons (Fsp3) is 0.286. The first-order valence-corrected chi connectivity index (χ1v) is 5.83. The van der Waals surface area contributed by atoms with Crippen molar-refractivity contribution in [1.29, 1.82) is 0 Å². The topological polar surface area (TPSA) is 61.0 Å². The Kier molecular flexibility index (Phi) is 3.19. The van der Waals surface area contributed by atoms with Crippen molar-refractivity contribution in [1.82, 2.24) is 9.97 Å². The molecular formula is C14H17N3O. The summed E-state index contributed by atoms with van der Waals surface area (Å²) in [7, 11) is 0. The number of anilines is 1. The summed E-state index contributed by atoms with van der Waals surface area (Å²) in [6.07, 6.45) is 0. The molecule has 1 heterocycles. The van der Waals surface area contributed by atoms with E-state index in [1.807, 2.05) is 32.9 Å². The Bertz CT molecular complexity index is 594. The highest BCUT2D eigenvalue weighted by Gasteiger charge is 2.10. The minimum Gasteiger partial charge on any atom is -0.438 e. The van der Waals surface area contributed by atoms with Gasteiger partial charge in [0.05, 0.1) is 5.56 Å². The molecule has 0 aliphatic rings. The van der Waals surface area contributed by atoms with Crippen molar-refractivity contribution in [3.63, 3.8) is 0 Å². The zero-order chi connectivity index (χ0) is 13.3. The highest BCUT2D eigenvalue weighted by atomic mass is 16.5. The smallest absolute Gasteiger partial charge is 0.227 e. The van der Waals surface area contributed by atoms with Crippen LogP contribution in [0, 0.1) is 27.7 Å². The number of nitrogens with zero attached hydrogens (tertiary/aromatic N) is 2. The van der Waals surface area contributed by atoms with Crippen molar-refractivity contribution in [2.24, 2.45) is 0 Å². The standard InChI is InChI=1S/C14H17N3O/c1-8-5-6-9(2)12(7-8)18-14-10(3)13(15)16-11(4)17-14/h5-7H,1-4H3,(H2,15,16,17). The van der Waals surface area contributed by atoms with Gasteiger partial charge in [0, 0.05) is 0 Å². The molecule has 2 aromatic rings. The molecule has 2 rings (SSSR count). The summed E-state index contributed by atoms with van der Waals surface area (Å²) in [5, 5.41) is 0. The number of aromatic nitrogens is 2. The molecule has 0 fully saturated rings. The van der Waals surface area contributed by atoms with Crippen molar-refractivity contribution in [2.75, 3.05) is 5.73 Å². The lowest BCUT2D eigenvalue weighted by molar-refractivity contribution is 0.452. The summed E-state index contributed by atoms with van der Waals surface area (Å²) in [5.41, 5.74) is 8.79. The molecule has 4 heteroatoms. The number of aryl methyl sites for hydroxylation is 3. The number of nitrogen functional groups attached to an aromatic ring is 1. The van der Waals surface area contributed by atoms with E-state index in [2.05, 4.69) is 16.0 Å². The van der Waals surface area contributed by atoms with E-state index in [-0.39, 0.29) is 0 Å². The van der Waals surface area contributed by atoms with Gasteiger partial charge in [-0.2, -0.15) is 4.98 Å². The summed E-state index contributed by atoms with van der Waals surface area (Å²) in [6, 6.07) is 6.06. The zero-order valence-electron chi connectivity index (χ0n) is 11.1. The largest absolute Gasteiger partial charge is 0.438 e. The van der Waals surface area contributed by atoms with E-state index >= 15 is 0 Å². The third kappa shape index (κ3) is 2.42. The lowest BCUT2D eigenvalue weighted by atomic mass is 10.1. The van der Waals surface area contributed by atoms with Gasteiger partial charge in [-0.25, -0.2) is 4.98 Å². The molecule has 1 aromatic carbocycles. The Labute approximate surface area is 107 Å². The van der Waals surface area contributed by atoms with E-state index in [1.165, 1.54) is 0 Å². The quantitative estimate of drug-likeness (QED) is 0.880. The van der Waals surface area contributed by atoms with E-state index in [0.29, 0.717) is 17.5 Å². The van der Waals surface area contributed by atoms with Gasteiger partial charge in [0.1, 0.15) is 17.4 Å². The van der Waals surface area contributed by atoms with Crippen molar-refractivity contribution in [3.8, 4) is 11.6 Å². The van der Waals surface area contributed by atoms with Crippen LogP contribution in [0.15, 0.2) is 18.2 Å². The predicted octanol–water partition coefficient (Wildman–Crippen LogP) is 3.08. The van der Waals surface area contributed by atoms with Crippen molar-refractivity contribution in [2.45, 2.75) is 27.7 Å². The van der Waals surface area contributed by atoms with Crippen LogP contribution in [0.1, 0.15) is 22.5 Å². The second-order valence-electron chi connectivity index (χ2n) is 4.46. The van der Waals surface area contributed by atoms with Gasteiger partial charge in [0.15, 0.2) is 0 Å². The second kappa shape index (κ2) is 4.64. The fourth-order valence-corrected chi connectivity index (χ4v) is 1.64. The number of benzene rings is 1. The molecule has 0 spiro atoms. The second-order valence-corrected chi connectivity index (χ2v) is 4.46. The third-order valence-electron chi connectivity index (χ3n) is 2.80. The molecule has 0 saturated carbocycles. The predicted molar refractivity (Wildman–Crippen MR) is 71.9 cm³/mol. The van der Waals surface area contributed by atoms with E-state index in [9.17, 15) is 0 Å². The fourth-order valence-electron chi connectivity index (χ4n) is 1.64. The molecule has 0 saturated heterocycles. The molecule has 94 valence electrons. The first kappa shape index (κ1) is 12.4. The van der Waals surface area contributed by atoms with Gasteiger partial charge in [-0.1, -0.05) is 12.1 Å². The van der Waals surface area contributed by atoms with Gasteiger partial charge >= 0.3 is 0 Å². The average molecular weight is 243 g/mol. The van der Waals surface area contributed by atoms with Crippen LogP contribution in [0.5, 0.6) is 11.6 Å². The maximum Gasteiger partial charge on any atom is 0.227 e. The van der Waals surface area contributed by atoms with Crippen LogP contribution in [0.4, 0.5) is 5.82 Å². The minimum absolute atomic E-state index is 0.461. The number of hydrogen-bond donors (Lipinski definition) is 1. The molecule has 0 atom stereocenters. The summed E-state index contributed by atoms with van der Waals surface area (Å²) >= 11 is 0. The molecule has 0 aliphatic heterocycles. The Morgan fingerprint density at radius 3 is 2.50 bits per heavy atom. The molecule has 0 bridgehead atoms. The van der Waals surface area contributed by atoms with Gasteiger partial charge in [-0.3, -0.25) is 0 Å². The summed E-state index contributed by atoms with van der Waals surface area (Å²) < 4.78 is 5.85. The van der Waals surface area contributed by atoms with Crippen LogP contribution in [0.25, 0.3) is 0 Å². The number of rotatable bonds is 2. The zero-order valence-corrected chi connectivity index (χ0v) is 11.1. The van der Waals surface area contributed by atoms with Gasteiger partial charge in [0.2, 0.25) is 5.88 Å². The monoisotopic (exact) mass is 243 g/mol. The van der Waals surface area contributed by atoms with E-state index in [1.54, 1.807) is 6.92 Å². The highest BCUT2D eigenvalue weighted by Crippen LogP contribution is 2.28. The normalized spacial score (nSPS) is 10.4. The van der Waals surface area contributed by atoms with Crippen LogP contribution in [0.2, 0.25) is 0 Å². The minimum atomic E-state index is 0.461. The van der Waals surface area contributed by atoms with E-state index in [4.69, 9.17) is 10.5 Å². The maximum atomic E-state index is 5.85. The van der Waals surface area contributed by atoms with Gasteiger partial charge in [-0.15, -0.1) is 0 Å². The van der Waals surface area contributed by atoms with Crippen molar-refractivity contribution in [3.05, 3.63) is 40.7 Å². The van der Waals surface area contributed by atoms with Crippen LogP contribution in [0.3, 0.4) is 0 Å². The molecule has 18 heavy (non-hydrogen) atoms. The Balaban J connectivity index is 2.43. The Hall–Kier alpha value is -2.10. The van der Waals surface area contributed by atoms with Crippen LogP contribution in [-0.4, -0.2) is 9.97 Å².